The number of hydrogen-bond acceptors (Lipinski definition) is 11. The fourth-order valence-corrected chi connectivity index (χ4v) is 7.29. The van der Waals surface area contributed by atoms with Gasteiger partial charge in [0.05, 0.1) is 12.1 Å². The smallest absolute Gasteiger partial charge is 0.471 e. The van der Waals surface area contributed by atoms with Crippen molar-refractivity contribution in [2.24, 2.45) is 0 Å². The normalized spacial score (nSPS) is 19.6. The fourth-order valence-electron chi connectivity index (χ4n) is 3.28. The summed E-state index contributed by atoms with van der Waals surface area (Å²) in [5.74, 6) is -3.99. The third-order valence-corrected chi connectivity index (χ3v) is 9.02. The van der Waals surface area contributed by atoms with Gasteiger partial charge in [-0.2, -0.15) is 13.2 Å². The largest absolute Gasteiger partial charge is 0.477 e. The molecule has 2 aromatic rings. The predicted octanol–water partition coefficient (Wildman–Crippen LogP) is 1.88. The van der Waals surface area contributed by atoms with E-state index in [0.717, 1.165) is 21.2 Å². The van der Waals surface area contributed by atoms with E-state index in [1.807, 2.05) is 0 Å². The molecule has 3 N–H and O–H groups in total. The molecule has 2 atom stereocenters. The van der Waals surface area contributed by atoms with Crippen LogP contribution in [0.1, 0.15) is 10.7 Å². The molecule has 0 aromatic carbocycles. The van der Waals surface area contributed by atoms with Crippen LogP contribution in [-0.2, 0) is 25.6 Å². The van der Waals surface area contributed by atoms with Gasteiger partial charge in [-0.3, -0.25) is 24.6 Å². The summed E-state index contributed by atoms with van der Waals surface area (Å²) in [6.45, 7) is 1.80. The summed E-state index contributed by atoms with van der Waals surface area (Å²) in [5, 5.41) is 22.9. The number of thioether (sulfide) groups is 2. The second-order valence-corrected chi connectivity index (χ2v) is 11.7. The molecule has 0 spiro atoms. The quantitative estimate of drug-likeness (QED) is 0.311. The molecule has 4 rings (SSSR count). The number of amides is 3. The molecule has 1 saturated heterocycles. The summed E-state index contributed by atoms with van der Waals surface area (Å²) in [5.41, 5.74) is 0.537. The summed E-state index contributed by atoms with van der Waals surface area (Å²) in [7, 11) is 0. The standard InChI is InChI=1S/C18H15F3N6O5S4/c1-6-25-26-17(36-6)35-4-7-3-33-13-10(12(29)27(13)11(7)14(30)31)23-9(28)2-8-5-34-16(22-8)24-15(32)18(19,20)21/h5,10,13H,2-4H2,1H3,(H,23,28)(H,30,31)(H,22,24,32)/t10?,13-/m0/s1. The highest BCUT2D eigenvalue weighted by molar-refractivity contribution is 8.01. The lowest BCUT2D eigenvalue weighted by atomic mass is 10.0. The molecule has 2 aliphatic rings. The van der Waals surface area contributed by atoms with E-state index in [-0.39, 0.29) is 22.9 Å². The van der Waals surface area contributed by atoms with Crippen LogP contribution < -0.4 is 10.6 Å². The highest BCUT2D eigenvalue weighted by Crippen LogP contribution is 2.41. The number of fused-ring (bicyclic) bond motifs is 1. The molecule has 4 heterocycles. The van der Waals surface area contributed by atoms with Crippen molar-refractivity contribution in [2.75, 3.05) is 16.8 Å². The van der Waals surface area contributed by atoms with Crippen molar-refractivity contribution in [3.8, 4) is 0 Å². The summed E-state index contributed by atoms with van der Waals surface area (Å²) >= 11 is 4.73. The zero-order valence-electron chi connectivity index (χ0n) is 18.0. The van der Waals surface area contributed by atoms with E-state index in [1.165, 1.54) is 40.2 Å². The zero-order valence-corrected chi connectivity index (χ0v) is 21.3. The highest BCUT2D eigenvalue weighted by atomic mass is 32.2. The van der Waals surface area contributed by atoms with Gasteiger partial charge < -0.3 is 10.4 Å². The molecule has 0 saturated carbocycles. The Bertz CT molecular complexity index is 1260. The molecular formula is C18H15F3N6O5S4. The van der Waals surface area contributed by atoms with Crippen LogP contribution >= 0.6 is 46.2 Å². The SMILES string of the molecule is Cc1nnc(SCC2=C(C(=O)O)N3C(=O)C(NC(=O)Cc4csc(NC(=O)C(F)(F)F)n4)[C@@H]3SC2)s1. The van der Waals surface area contributed by atoms with E-state index < -0.39 is 41.3 Å². The minimum absolute atomic E-state index is 0.104. The number of hydrogen-bond donors (Lipinski definition) is 3. The molecule has 3 amide bonds. The second kappa shape index (κ2) is 10.3. The molecule has 1 fully saturated rings. The zero-order chi connectivity index (χ0) is 26.2. The molecule has 0 radical (unpaired) electrons. The first kappa shape index (κ1) is 26.4. The highest BCUT2D eigenvalue weighted by Gasteiger charge is 2.54. The van der Waals surface area contributed by atoms with Gasteiger partial charge in [-0.05, 0) is 12.5 Å². The van der Waals surface area contributed by atoms with Crippen LogP contribution in [-0.4, -0.2) is 78.0 Å². The van der Waals surface area contributed by atoms with Gasteiger partial charge in [-0.15, -0.1) is 33.3 Å². The van der Waals surface area contributed by atoms with Crippen molar-refractivity contribution >= 4 is 75.0 Å². The van der Waals surface area contributed by atoms with E-state index in [0.29, 0.717) is 21.4 Å². The Balaban J connectivity index is 1.36. The van der Waals surface area contributed by atoms with Crippen molar-refractivity contribution in [1.29, 1.82) is 0 Å². The first-order valence-corrected chi connectivity index (χ1v) is 13.6. The van der Waals surface area contributed by atoms with Gasteiger partial charge >= 0.3 is 18.1 Å². The number of carbonyl (C=O) groups is 4. The van der Waals surface area contributed by atoms with Gasteiger partial charge in [0.2, 0.25) is 5.91 Å². The maximum Gasteiger partial charge on any atom is 0.471 e. The molecule has 18 heteroatoms. The third-order valence-electron chi connectivity index (χ3n) is 4.82. The number of alkyl halides is 3. The van der Waals surface area contributed by atoms with E-state index in [1.54, 1.807) is 12.2 Å². The Labute approximate surface area is 216 Å². The lowest BCUT2D eigenvalue weighted by Crippen LogP contribution is -2.70. The Morgan fingerprint density at radius 3 is 2.69 bits per heavy atom. The number of aryl methyl sites for hydroxylation is 1. The molecule has 192 valence electrons. The number of aromatic nitrogens is 3. The molecule has 2 aliphatic heterocycles. The number of carboxylic acids is 1. The summed E-state index contributed by atoms with van der Waals surface area (Å²) in [6.07, 6.45) is -5.42. The number of rotatable bonds is 8. The lowest BCUT2D eigenvalue weighted by Gasteiger charge is -2.49. The number of carbonyl (C=O) groups excluding carboxylic acids is 3. The van der Waals surface area contributed by atoms with Crippen molar-refractivity contribution in [2.45, 2.75) is 35.3 Å². The lowest BCUT2D eigenvalue weighted by molar-refractivity contribution is -0.167. The Morgan fingerprint density at radius 2 is 2.06 bits per heavy atom. The van der Waals surface area contributed by atoms with Gasteiger partial charge in [0.25, 0.3) is 5.91 Å². The number of nitrogens with one attached hydrogen (secondary N) is 2. The van der Waals surface area contributed by atoms with Crippen molar-refractivity contribution in [3.05, 3.63) is 27.4 Å². The first-order valence-electron chi connectivity index (χ1n) is 9.89. The molecule has 0 bridgehead atoms. The van der Waals surface area contributed by atoms with Gasteiger partial charge in [-0.25, -0.2) is 9.78 Å². The Kier molecular flexibility index (Phi) is 7.58. The molecular weight excluding hydrogens is 565 g/mol. The third kappa shape index (κ3) is 5.65. The van der Waals surface area contributed by atoms with Crippen molar-refractivity contribution in [3.63, 3.8) is 0 Å². The van der Waals surface area contributed by atoms with Crippen LogP contribution in [0.2, 0.25) is 0 Å². The van der Waals surface area contributed by atoms with E-state index in [2.05, 4.69) is 20.5 Å². The van der Waals surface area contributed by atoms with Gasteiger partial charge in [0.1, 0.15) is 22.1 Å². The molecule has 11 nitrogen and oxygen atoms in total. The van der Waals surface area contributed by atoms with Crippen LogP contribution in [0.3, 0.4) is 0 Å². The van der Waals surface area contributed by atoms with Crippen LogP contribution in [0.15, 0.2) is 21.0 Å². The molecule has 1 unspecified atom stereocenters. The monoisotopic (exact) mass is 580 g/mol. The number of aliphatic carboxylic acids is 1. The maximum atomic E-state index is 12.7. The van der Waals surface area contributed by atoms with Crippen LogP contribution in [0.5, 0.6) is 0 Å². The Morgan fingerprint density at radius 1 is 1.31 bits per heavy atom. The summed E-state index contributed by atoms with van der Waals surface area (Å²) in [4.78, 5) is 53.0. The average Bonchev–Trinajstić information content (AvgIpc) is 3.42. The first-order chi connectivity index (χ1) is 16.9. The molecule has 2 aromatic heterocycles. The Hall–Kier alpha value is -2.70. The summed E-state index contributed by atoms with van der Waals surface area (Å²) < 4.78 is 37.7. The number of nitrogens with zero attached hydrogens (tertiary/aromatic N) is 4. The van der Waals surface area contributed by atoms with Crippen LogP contribution in [0.4, 0.5) is 18.3 Å². The van der Waals surface area contributed by atoms with Crippen LogP contribution in [0, 0.1) is 6.92 Å². The van der Waals surface area contributed by atoms with E-state index >= 15 is 0 Å². The van der Waals surface area contributed by atoms with Gasteiger partial charge in [-0.1, -0.05) is 23.1 Å². The maximum absolute atomic E-state index is 12.7. The minimum atomic E-state index is -5.07. The van der Waals surface area contributed by atoms with E-state index in [9.17, 15) is 37.5 Å². The van der Waals surface area contributed by atoms with Gasteiger partial charge in [0, 0.05) is 16.9 Å². The number of thiazole rings is 1. The molecule has 0 aliphatic carbocycles. The van der Waals surface area contributed by atoms with Crippen LogP contribution in [0.25, 0.3) is 0 Å². The van der Waals surface area contributed by atoms with Gasteiger partial charge in [0.15, 0.2) is 9.47 Å². The number of β-lactam (4-membered cyclic amide) rings is 1. The minimum Gasteiger partial charge on any atom is -0.477 e. The van der Waals surface area contributed by atoms with E-state index in [4.69, 9.17) is 0 Å². The molecule has 36 heavy (non-hydrogen) atoms. The fraction of sp³-hybridized carbons (Fsp3) is 0.389. The predicted molar refractivity (Wildman–Crippen MR) is 126 cm³/mol. The number of carboxylic acid groups (broad SMARTS) is 1. The topological polar surface area (TPSA) is 154 Å². The summed E-state index contributed by atoms with van der Waals surface area (Å²) in [6, 6.07) is -0.958. The van der Waals surface area contributed by atoms with Crippen molar-refractivity contribution in [1.82, 2.24) is 25.4 Å². The second-order valence-electron chi connectivity index (χ2n) is 7.36. The average molecular weight is 581 g/mol. The number of anilines is 1. The van der Waals surface area contributed by atoms with Crippen molar-refractivity contribution < 1.29 is 37.5 Å². The number of halogens is 3.